The highest BCUT2D eigenvalue weighted by atomic mass is 28.4. The van der Waals surface area contributed by atoms with Gasteiger partial charge in [-0.2, -0.15) is 0 Å². The minimum absolute atomic E-state index is 0.833. The third-order valence-electron chi connectivity index (χ3n) is 1.84. The van der Waals surface area contributed by atoms with Crippen molar-refractivity contribution in [2.45, 2.75) is 32.0 Å². The van der Waals surface area contributed by atoms with E-state index in [2.05, 4.69) is 19.7 Å². The first-order chi connectivity index (χ1) is 5.98. The molecule has 0 unspecified atom stereocenters. The summed E-state index contributed by atoms with van der Waals surface area (Å²) >= 11 is 0. The highest BCUT2D eigenvalue weighted by Crippen LogP contribution is 2.20. The Balaban J connectivity index is 0.000000252. The maximum atomic E-state index is 9.25. The first-order valence-electron chi connectivity index (χ1n) is 4.47. The van der Waals surface area contributed by atoms with Gasteiger partial charge in [-0.15, -0.1) is 0 Å². The van der Waals surface area contributed by atoms with E-state index < -0.39 is 14.3 Å². The summed E-state index contributed by atoms with van der Waals surface area (Å²) in [5.41, 5.74) is 0. The van der Waals surface area contributed by atoms with Crippen LogP contribution in [0.4, 0.5) is 0 Å². The summed E-state index contributed by atoms with van der Waals surface area (Å²) in [6.07, 6.45) is 3.52. The van der Waals surface area contributed by atoms with E-state index in [1.165, 1.54) is 18.9 Å². The lowest BCUT2D eigenvalue weighted by Gasteiger charge is -2.27. The number of carboxylic acids is 1. The van der Waals surface area contributed by atoms with Crippen LogP contribution < -0.4 is 0 Å². The van der Waals surface area contributed by atoms with Crippen LogP contribution in [0.15, 0.2) is 12.7 Å². The molecule has 0 saturated carbocycles. The molecular weight excluding hydrogens is 184 g/mol. The van der Waals surface area contributed by atoms with Gasteiger partial charge in [0.05, 0.1) is 0 Å². The number of hydrogen-bond acceptors (Lipinski definition) is 2. The van der Waals surface area contributed by atoms with E-state index in [9.17, 15) is 4.79 Å². The van der Waals surface area contributed by atoms with E-state index in [4.69, 9.17) is 9.53 Å². The molecule has 0 aromatic carbocycles. The van der Waals surface area contributed by atoms with Crippen molar-refractivity contribution in [3.05, 3.63) is 12.7 Å². The van der Waals surface area contributed by atoms with Crippen LogP contribution in [0.3, 0.4) is 0 Å². The summed E-state index contributed by atoms with van der Waals surface area (Å²) < 4.78 is 5.60. The second-order valence-electron chi connectivity index (χ2n) is 3.61. The summed E-state index contributed by atoms with van der Waals surface area (Å²) in [6.45, 7) is 8.58. The Morgan fingerprint density at radius 3 is 2.23 bits per heavy atom. The third-order valence-corrected chi connectivity index (χ3v) is 4.38. The third kappa shape index (κ3) is 7.74. The van der Waals surface area contributed by atoms with E-state index in [1.807, 2.05) is 0 Å². The summed E-state index contributed by atoms with van der Waals surface area (Å²) in [6, 6.07) is 1.37. The molecule has 0 bridgehead atoms. The van der Waals surface area contributed by atoms with Crippen molar-refractivity contribution in [3.63, 3.8) is 0 Å². The zero-order chi connectivity index (χ0) is 10.3. The SMILES string of the molecule is C=CC(=O)O.C[Si]1(C)CCCCO1. The highest BCUT2D eigenvalue weighted by Gasteiger charge is 2.24. The Morgan fingerprint density at radius 2 is 2.08 bits per heavy atom. The number of aliphatic carboxylic acids is 1. The Hall–Kier alpha value is -0.613. The van der Waals surface area contributed by atoms with Crippen molar-refractivity contribution in [1.82, 2.24) is 0 Å². The van der Waals surface area contributed by atoms with Gasteiger partial charge in [-0.1, -0.05) is 13.0 Å². The minimum atomic E-state index is -1.09. The summed E-state index contributed by atoms with van der Waals surface area (Å²) in [7, 11) is -1.09. The fraction of sp³-hybridized carbons (Fsp3) is 0.667. The zero-order valence-electron chi connectivity index (χ0n) is 8.38. The first kappa shape index (κ1) is 12.4. The summed E-state index contributed by atoms with van der Waals surface area (Å²) in [4.78, 5) is 9.25. The van der Waals surface area contributed by atoms with Crippen LogP contribution in [0.2, 0.25) is 19.1 Å². The molecule has 0 amide bonds. The quantitative estimate of drug-likeness (QED) is 0.524. The summed E-state index contributed by atoms with van der Waals surface area (Å²) in [5.74, 6) is -0.981. The van der Waals surface area contributed by atoms with E-state index in [0.717, 1.165) is 12.7 Å². The molecule has 3 nitrogen and oxygen atoms in total. The summed E-state index contributed by atoms with van der Waals surface area (Å²) in [5, 5.41) is 7.60. The molecule has 1 fully saturated rings. The van der Waals surface area contributed by atoms with Gasteiger partial charge in [0.1, 0.15) is 0 Å². The van der Waals surface area contributed by atoms with Crippen LogP contribution in [-0.2, 0) is 9.22 Å². The molecule has 1 N–H and O–H groups in total. The fourth-order valence-corrected chi connectivity index (χ4v) is 3.02. The molecule has 0 radical (unpaired) electrons. The second kappa shape index (κ2) is 5.94. The van der Waals surface area contributed by atoms with Crippen LogP contribution in [0.5, 0.6) is 0 Å². The van der Waals surface area contributed by atoms with E-state index in [0.29, 0.717) is 0 Å². The van der Waals surface area contributed by atoms with E-state index in [-0.39, 0.29) is 0 Å². The molecule has 4 heteroatoms. The Bertz CT molecular complexity index is 170. The predicted octanol–water partition coefficient (Wildman–Crippen LogP) is 2.26. The number of rotatable bonds is 1. The van der Waals surface area contributed by atoms with Gasteiger partial charge in [0.25, 0.3) is 0 Å². The average Bonchev–Trinajstić information content (AvgIpc) is 2.05. The maximum Gasteiger partial charge on any atom is 0.327 e. The van der Waals surface area contributed by atoms with Crippen molar-refractivity contribution in [1.29, 1.82) is 0 Å². The molecule has 0 spiro atoms. The van der Waals surface area contributed by atoms with Crippen molar-refractivity contribution in [3.8, 4) is 0 Å². The second-order valence-corrected chi connectivity index (χ2v) is 7.92. The van der Waals surface area contributed by atoms with Crippen LogP contribution in [0.25, 0.3) is 0 Å². The van der Waals surface area contributed by atoms with E-state index in [1.54, 1.807) is 0 Å². The van der Waals surface area contributed by atoms with Gasteiger partial charge in [0.15, 0.2) is 8.32 Å². The van der Waals surface area contributed by atoms with Gasteiger partial charge in [-0.3, -0.25) is 0 Å². The smallest absolute Gasteiger partial charge is 0.327 e. The highest BCUT2D eigenvalue weighted by molar-refractivity contribution is 6.71. The normalized spacial score (nSPS) is 19.5. The number of hydrogen-bond donors (Lipinski definition) is 1. The van der Waals surface area contributed by atoms with Crippen molar-refractivity contribution in [2.75, 3.05) is 6.61 Å². The minimum Gasteiger partial charge on any atom is -0.478 e. The molecule has 0 atom stereocenters. The van der Waals surface area contributed by atoms with Gasteiger partial charge < -0.3 is 9.53 Å². The molecular formula is C9H18O3Si. The van der Waals surface area contributed by atoms with Crippen LogP contribution >= 0.6 is 0 Å². The Morgan fingerprint density at radius 1 is 1.54 bits per heavy atom. The number of carbonyl (C=O) groups is 1. The molecule has 1 rings (SSSR count). The van der Waals surface area contributed by atoms with Crippen LogP contribution in [0.1, 0.15) is 12.8 Å². The van der Waals surface area contributed by atoms with Crippen LogP contribution in [0, 0.1) is 0 Å². The van der Waals surface area contributed by atoms with Crippen molar-refractivity contribution >= 4 is 14.3 Å². The van der Waals surface area contributed by atoms with E-state index >= 15 is 0 Å². The lowest BCUT2D eigenvalue weighted by Crippen LogP contribution is -2.33. The molecule has 0 aromatic heterocycles. The van der Waals surface area contributed by atoms with Gasteiger partial charge in [0, 0.05) is 12.7 Å². The van der Waals surface area contributed by atoms with Crippen molar-refractivity contribution < 1.29 is 14.3 Å². The monoisotopic (exact) mass is 202 g/mol. The Labute approximate surface area is 80.5 Å². The molecule has 1 aliphatic rings. The van der Waals surface area contributed by atoms with Gasteiger partial charge >= 0.3 is 5.97 Å². The average molecular weight is 202 g/mol. The molecule has 1 heterocycles. The molecule has 1 aliphatic heterocycles. The van der Waals surface area contributed by atoms with Gasteiger partial charge in [0.2, 0.25) is 0 Å². The largest absolute Gasteiger partial charge is 0.478 e. The Kier molecular flexibility index (Phi) is 5.66. The molecule has 0 aliphatic carbocycles. The predicted molar refractivity (Wildman–Crippen MR) is 55.3 cm³/mol. The zero-order valence-corrected chi connectivity index (χ0v) is 9.38. The lowest BCUT2D eigenvalue weighted by molar-refractivity contribution is -0.131. The number of carboxylic acid groups (broad SMARTS) is 1. The van der Waals surface area contributed by atoms with Crippen LogP contribution in [-0.4, -0.2) is 26.0 Å². The maximum absolute atomic E-state index is 9.25. The van der Waals surface area contributed by atoms with Gasteiger partial charge in [-0.05, 0) is 25.6 Å². The molecule has 1 saturated heterocycles. The lowest BCUT2D eigenvalue weighted by atomic mass is 10.4. The molecule has 0 aromatic rings. The topological polar surface area (TPSA) is 46.5 Å². The van der Waals surface area contributed by atoms with Crippen molar-refractivity contribution in [2.24, 2.45) is 0 Å². The molecule has 13 heavy (non-hydrogen) atoms. The first-order valence-corrected chi connectivity index (χ1v) is 7.59. The fourth-order valence-electron chi connectivity index (χ4n) is 1.07. The standard InChI is InChI=1S/C6H14OSi.C3H4O2/c1-8(2)6-4-3-5-7-8;1-2-3(4)5/h3-6H2,1-2H3;2H,1H2,(H,4,5). The van der Waals surface area contributed by atoms with Gasteiger partial charge in [-0.25, -0.2) is 4.79 Å². The molecule has 76 valence electrons.